The number of aromatic hydroxyl groups is 2. The Bertz CT molecular complexity index is 661. The van der Waals surface area contributed by atoms with E-state index in [-0.39, 0.29) is 22.4 Å². The van der Waals surface area contributed by atoms with E-state index in [0.29, 0.717) is 0 Å². The van der Waals surface area contributed by atoms with Crippen molar-refractivity contribution >= 4 is 11.8 Å². The molecule has 0 saturated heterocycles. The largest absolute Gasteiger partial charge is 0.507 e. The van der Waals surface area contributed by atoms with E-state index < -0.39 is 17.5 Å². The number of carbonyl (C=O) groups excluding carboxylic acids is 1. The summed E-state index contributed by atoms with van der Waals surface area (Å²) in [6.45, 7) is 0. The normalized spacial score (nSPS) is 10.1. The van der Waals surface area contributed by atoms with Crippen LogP contribution in [-0.4, -0.2) is 27.1 Å². The van der Waals surface area contributed by atoms with Crippen LogP contribution in [0.3, 0.4) is 0 Å². The van der Waals surface area contributed by atoms with E-state index in [0.717, 1.165) is 6.07 Å². The quantitative estimate of drug-likeness (QED) is 0.732. The summed E-state index contributed by atoms with van der Waals surface area (Å²) in [5.74, 6) is -2.41. The molecule has 0 aromatic heterocycles. The Morgan fingerprint density at radius 2 is 1.47 bits per heavy atom. The van der Waals surface area contributed by atoms with Crippen molar-refractivity contribution in [1.82, 2.24) is 0 Å². The van der Waals surface area contributed by atoms with Crippen molar-refractivity contribution in [2.75, 3.05) is 0 Å². The smallest absolute Gasteiger partial charge is 0.335 e. The van der Waals surface area contributed by atoms with Gasteiger partial charge in [-0.05, 0) is 30.3 Å². The van der Waals surface area contributed by atoms with Crippen molar-refractivity contribution in [2.24, 2.45) is 0 Å². The van der Waals surface area contributed by atoms with Crippen LogP contribution in [0.25, 0.3) is 0 Å². The van der Waals surface area contributed by atoms with Gasteiger partial charge in [0.15, 0.2) is 5.78 Å². The van der Waals surface area contributed by atoms with Crippen LogP contribution in [0.15, 0.2) is 42.5 Å². The van der Waals surface area contributed by atoms with Gasteiger partial charge in [0.05, 0.1) is 16.7 Å². The van der Waals surface area contributed by atoms with Crippen LogP contribution in [-0.2, 0) is 0 Å². The van der Waals surface area contributed by atoms with E-state index >= 15 is 0 Å². The van der Waals surface area contributed by atoms with Gasteiger partial charge in [-0.25, -0.2) is 4.79 Å². The molecule has 0 amide bonds. The molecule has 0 aliphatic rings. The molecular formula is C14H10O5. The molecule has 2 aromatic rings. The Hall–Kier alpha value is -2.82. The molecule has 0 atom stereocenters. The molecule has 0 radical (unpaired) electrons. The molecule has 0 aliphatic carbocycles. The van der Waals surface area contributed by atoms with Crippen molar-refractivity contribution in [3.63, 3.8) is 0 Å². The second-order valence-electron chi connectivity index (χ2n) is 3.88. The molecule has 5 heteroatoms. The second kappa shape index (κ2) is 4.81. The molecule has 2 aromatic carbocycles. The summed E-state index contributed by atoms with van der Waals surface area (Å²) >= 11 is 0. The molecule has 0 bridgehead atoms. The number of rotatable bonds is 3. The minimum absolute atomic E-state index is 0.0425. The SMILES string of the molecule is O=C(O)c1ccc(C(=O)c2ccccc2O)c(O)c1. The number of para-hydroxylation sites is 1. The van der Waals surface area contributed by atoms with E-state index in [1.54, 1.807) is 12.1 Å². The Kier molecular flexibility index (Phi) is 3.20. The van der Waals surface area contributed by atoms with E-state index in [1.807, 2.05) is 0 Å². The summed E-state index contributed by atoms with van der Waals surface area (Å²) < 4.78 is 0. The summed E-state index contributed by atoms with van der Waals surface area (Å²) in [4.78, 5) is 22.8. The highest BCUT2D eigenvalue weighted by Gasteiger charge is 2.17. The monoisotopic (exact) mass is 258 g/mol. The molecule has 19 heavy (non-hydrogen) atoms. The summed E-state index contributed by atoms with van der Waals surface area (Å²) in [7, 11) is 0. The van der Waals surface area contributed by atoms with E-state index in [2.05, 4.69) is 0 Å². The number of hydrogen-bond acceptors (Lipinski definition) is 4. The Balaban J connectivity index is 2.46. The average Bonchev–Trinajstić information content (AvgIpc) is 2.38. The molecule has 0 heterocycles. The topological polar surface area (TPSA) is 94.8 Å². The van der Waals surface area contributed by atoms with Crippen LogP contribution in [0.4, 0.5) is 0 Å². The molecule has 3 N–H and O–H groups in total. The minimum Gasteiger partial charge on any atom is -0.507 e. The third-order valence-electron chi connectivity index (χ3n) is 2.64. The van der Waals surface area contributed by atoms with Crippen LogP contribution in [0.2, 0.25) is 0 Å². The lowest BCUT2D eigenvalue weighted by atomic mass is 10.0. The standard InChI is InChI=1S/C14H10O5/c15-11-4-2-1-3-9(11)13(17)10-6-5-8(14(18)19)7-12(10)16/h1-7,15-16H,(H,18,19). The first-order valence-electron chi connectivity index (χ1n) is 5.39. The highest BCUT2D eigenvalue weighted by molar-refractivity contribution is 6.12. The first-order chi connectivity index (χ1) is 9.00. The predicted octanol–water partition coefficient (Wildman–Crippen LogP) is 2.03. The zero-order valence-corrected chi connectivity index (χ0v) is 9.70. The molecule has 0 fully saturated rings. The number of carboxylic acids is 1. The Labute approximate surface area is 108 Å². The van der Waals surface area contributed by atoms with Gasteiger partial charge in [-0.2, -0.15) is 0 Å². The van der Waals surface area contributed by atoms with Gasteiger partial charge in [-0.15, -0.1) is 0 Å². The van der Waals surface area contributed by atoms with Gasteiger partial charge in [0.1, 0.15) is 11.5 Å². The summed E-state index contributed by atoms with van der Waals surface area (Å²) in [6, 6.07) is 9.35. The predicted molar refractivity (Wildman–Crippen MR) is 66.6 cm³/mol. The zero-order chi connectivity index (χ0) is 14.0. The Morgan fingerprint density at radius 1 is 0.842 bits per heavy atom. The average molecular weight is 258 g/mol. The van der Waals surface area contributed by atoms with Gasteiger partial charge in [0.25, 0.3) is 0 Å². The van der Waals surface area contributed by atoms with Gasteiger partial charge in [0, 0.05) is 0 Å². The fourth-order valence-electron chi connectivity index (χ4n) is 1.67. The first kappa shape index (κ1) is 12.6. The summed E-state index contributed by atoms with van der Waals surface area (Å²) in [5, 5.41) is 28.0. The lowest BCUT2D eigenvalue weighted by Crippen LogP contribution is -2.04. The molecule has 2 rings (SSSR count). The van der Waals surface area contributed by atoms with Crippen molar-refractivity contribution in [3.05, 3.63) is 59.2 Å². The third kappa shape index (κ3) is 2.40. The van der Waals surface area contributed by atoms with Crippen molar-refractivity contribution in [3.8, 4) is 11.5 Å². The first-order valence-corrected chi connectivity index (χ1v) is 5.39. The second-order valence-corrected chi connectivity index (χ2v) is 3.88. The number of aromatic carboxylic acids is 1. The van der Waals surface area contributed by atoms with Crippen LogP contribution in [0.1, 0.15) is 26.3 Å². The number of phenols is 2. The van der Waals surface area contributed by atoms with Gasteiger partial charge in [-0.3, -0.25) is 4.79 Å². The van der Waals surface area contributed by atoms with Crippen LogP contribution in [0.5, 0.6) is 11.5 Å². The number of carbonyl (C=O) groups is 2. The Morgan fingerprint density at radius 3 is 2.05 bits per heavy atom. The number of carboxylic acid groups (broad SMARTS) is 1. The number of benzene rings is 2. The molecule has 0 unspecified atom stereocenters. The van der Waals surface area contributed by atoms with Crippen molar-refractivity contribution in [2.45, 2.75) is 0 Å². The zero-order valence-electron chi connectivity index (χ0n) is 9.70. The van der Waals surface area contributed by atoms with Crippen molar-refractivity contribution < 1.29 is 24.9 Å². The fraction of sp³-hybridized carbons (Fsp3) is 0. The van der Waals surface area contributed by atoms with Crippen LogP contribution in [0, 0.1) is 0 Å². The van der Waals surface area contributed by atoms with E-state index in [9.17, 15) is 19.8 Å². The maximum atomic E-state index is 12.1. The fourth-order valence-corrected chi connectivity index (χ4v) is 1.67. The van der Waals surface area contributed by atoms with E-state index in [1.165, 1.54) is 24.3 Å². The minimum atomic E-state index is -1.20. The highest BCUT2D eigenvalue weighted by Crippen LogP contribution is 2.25. The summed E-state index contributed by atoms with van der Waals surface area (Å²) in [5.41, 5.74) is -0.140. The summed E-state index contributed by atoms with van der Waals surface area (Å²) in [6.07, 6.45) is 0. The van der Waals surface area contributed by atoms with Gasteiger partial charge >= 0.3 is 5.97 Å². The number of hydrogen-bond donors (Lipinski definition) is 3. The van der Waals surface area contributed by atoms with Crippen LogP contribution < -0.4 is 0 Å². The lowest BCUT2D eigenvalue weighted by molar-refractivity contribution is 0.0696. The third-order valence-corrected chi connectivity index (χ3v) is 2.64. The molecule has 5 nitrogen and oxygen atoms in total. The van der Waals surface area contributed by atoms with Crippen LogP contribution >= 0.6 is 0 Å². The lowest BCUT2D eigenvalue weighted by Gasteiger charge is -2.06. The number of phenolic OH excluding ortho intramolecular Hbond substituents is 2. The highest BCUT2D eigenvalue weighted by atomic mass is 16.4. The number of ketones is 1. The van der Waals surface area contributed by atoms with Gasteiger partial charge < -0.3 is 15.3 Å². The molecule has 96 valence electrons. The van der Waals surface area contributed by atoms with Crippen molar-refractivity contribution in [1.29, 1.82) is 0 Å². The molecule has 0 spiro atoms. The van der Waals surface area contributed by atoms with Gasteiger partial charge in [-0.1, -0.05) is 12.1 Å². The maximum absolute atomic E-state index is 12.1. The van der Waals surface area contributed by atoms with Gasteiger partial charge in [0.2, 0.25) is 0 Å². The molecular weight excluding hydrogens is 248 g/mol. The molecule has 0 aliphatic heterocycles. The maximum Gasteiger partial charge on any atom is 0.335 e. The molecule has 0 saturated carbocycles. The van der Waals surface area contributed by atoms with E-state index in [4.69, 9.17) is 5.11 Å².